The molecule has 0 fully saturated rings. The van der Waals surface area contributed by atoms with Crippen molar-refractivity contribution in [2.45, 2.75) is 0 Å². The third kappa shape index (κ3) is 7.62. The Kier molecular flexibility index (Phi) is 10.4. The molecular weight excluding hydrogens is 655 g/mol. The van der Waals surface area contributed by atoms with Crippen LogP contribution in [0.1, 0.15) is 1.43 Å². The maximum absolute atomic E-state index is 12.3. The number of rotatable bonds is 6. The summed E-state index contributed by atoms with van der Waals surface area (Å²) in [4.78, 5) is 19.8. The van der Waals surface area contributed by atoms with E-state index in [1.165, 1.54) is 24.3 Å². The SMILES string of the molecule is O=[N+]([O-])c1ccc(N=Nc2ccc3ccccc3c2[O-])c([O-])c1.O=[N+]([O-])c1ccc(N=Nc2ccc3ccccc3c2[O-])c([O-])c1.[Co].[H+]. The molecule has 0 atom stereocenters. The Labute approximate surface area is 276 Å². The number of nitro benzene ring substituents is 2. The molecule has 0 saturated heterocycles. The van der Waals surface area contributed by atoms with Crippen LogP contribution in [0.3, 0.4) is 0 Å². The quantitative estimate of drug-likeness (QED) is 0.104. The van der Waals surface area contributed by atoms with E-state index in [1.807, 2.05) is 24.3 Å². The zero-order valence-corrected chi connectivity index (χ0v) is 24.7. The van der Waals surface area contributed by atoms with E-state index in [1.54, 1.807) is 36.4 Å². The molecular formula is C32H19CoN6O8-3. The Hall–Kier alpha value is -6.45. The summed E-state index contributed by atoms with van der Waals surface area (Å²) in [6.07, 6.45) is 0. The number of benzene rings is 6. The molecule has 0 aliphatic carbocycles. The minimum Gasteiger partial charge on any atom is -0.871 e. The molecule has 0 unspecified atom stereocenters. The molecule has 0 aliphatic rings. The van der Waals surface area contributed by atoms with Crippen LogP contribution >= 0.6 is 0 Å². The van der Waals surface area contributed by atoms with E-state index in [0.29, 0.717) is 10.8 Å². The topological polar surface area (TPSA) is 228 Å². The Morgan fingerprint density at radius 2 is 0.809 bits per heavy atom. The van der Waals surface area contributed by atoms with E-state index in [9.17, 15) is 40.7 Å². The van der Waals surface area contributed by atoms with Crippen LogP contribution in [0.4, 0.5) is 34.1 Å². The summed E-state index contributed by atoms with van der Waals surface area (Å²) >= 11 is 0. The van der Waals surface area contributed by atoms with Crippen LogP contribution in [0.5, 0.6) is 23.0 Å². The minimum atomic E-state index is -0.665. The van der Waals surface area contributed by atoms with Gasteiger partial charge in [0.1, 0.15) is 0 Å². The second-order valence-electron chi connectivity index (χ2n) is 9.49. The van der Waals surface area contributed by atoms with Crippen molar-refractivity contribution in [3.63, 3.8) is 0 Å². The van der Waals surface area contributed by atoms with E-state index in [-0.39, 0.29) is 63.8 Å². The predicted octanol–water partition coefficient (Wildman–Crippen LogP) is 6.73. The monoisotopic (exact) mass is 674 g/mol. The van der Waals surface area contributed by atoms with E-state index < -0.39 is 21.3 Å². The Balaban J connectivity index is 0.000000250. The summed E-state index contributed by atoms with van der Waals surface area (Å²) in [5.41, 5.74) is -0.567. The first-order valence-corrected chi connectivity index (χ1v) is 13.2. The van der Waals surface area contributed by atoms with Gasteiger partial charge in [0, 0.05) is 41.0 Å². The summed E-state index contributed by atoms with van der Waals surface area (Å²) in [5.74, 6) is -1.84. The van der Waals surface area contributed by atoms with Crippen LogP contribution in [0.25, 0.3) is 21.5 Å². The second-order valence-corrected chi connectivity index (χ2v) is 9.49. The standard InChI is InChI=1S/2C16H11N3O4.Co/c2*20-15-9-11(19(22)23)6-8-13(15)17-18-14-7-5-10-3-1-2-4-12(10)16(14)21;/h2*1-9,20-21H;/p-3. The maximum atomic E-state index is 12.3. The average molecular weight is 674 g/mol. The van der Waals surface area contributed by atoms with E-state index >= 15 is 0 Å². The van der Waals surface area contributed by atoms with Crippen molar-refractivity contribution in [1.29, 1.82) is 0 Å². The predicted molar refractivity (Wildman–Crippen MR) is 161 cm³/mol. The van der Waals surface area contributed by atoms with Crippen molar-refractivity contribution in [3.8, 4) is 23.0 Å². The van der Waals surface area contributed by atoms with Crippen molar-refractivity contribution in [2.75, 3.05) is 0 Å². The molecule has 0 amide bonds. The Morgan fingerprint density at radius 3 is 1.17 bits per heavy atom. The maximum Gasteiger partial charge on any atom is 1.00 e. The van der Waals surface area contributed by atoms with Crippen molar-refractivity contribution in [1.82, 2.24) is 0 Å². The van der Waals surface area contributed by atoms with Crippen LogP contribution in [-0.2, 0) is 16.8 Å². The van der Waals surface area contributed by atoms with Crippen molar-refractivity contribution in [2.24, 2.45) is 20.5 Å². The third-order valence-corrected chi connectivity index (χ3v) is 6.56. The first-order chi connectivity index (χ1) is 22.1. The van der Waals surface area contributed by atoms with E-state index in [4.69, 9.17) is 0 Å². The number of nitro groups is 2. The fraction of sp³-hybridized carbons (Fsp3) is 0. The molecule has 0 bridgehead atoms. The molecule has 15 heteroatoms. The third-order valence-electron chi connectivity index (χ3n) is 6.56. The zero-order valence-electron chi connectivity index (χ0n) is 24.7. The zero-order chi connectivity index (χ0) is 32.8. The van der Waals surface area contributed by atoms with Crippen LogP contribution in [-0.4, -0.2) is 9.85 Å². The number of non-ortho nitro benzene ring substituents is 2. The molecule has 237 valence electrons. The van der Waals surface area contributed by atoms with Gasteiger partial charge in [0.2, 0.25) is 0 Å². The number of azo groups is 2. The van der Waals surface area contributed by atoms with Crippen molar-refractivity contribution >= 4 is 55.7 Å². The van der Waals surface area contributed by atoms with E-state index in [0.717, 1.165) is 35.0 Å². The molecule has 6 aromatic rings. The summed E-state index contributed by atoms with van der Waals surface area (Å²) in [7, 11) is 0. The fourth-order valence-corrected chi connectivity index (χ4v) is 4.23. The van der Waals surface area contributed by atoms with Gasteiger partial charge in [-0.3, -0.25) is 20.2 Å². The molecule has 0 spiro atoms. The first-order valence-electron chi connectivity index (χ1n) is 13.2. The number of hydrogen-bond acceptors (Lipinski definition) is 12. The van der Waals surface area contributed by atoms with Gasteiger partial charge in [-0.25, -0.2) is 0 Å². The molecule has 0 aromatic heterocycles. The Bertz CT molecular complexity index is 2040. The van der Waals surface area contributed by atoms with Gasteiger partial charge in [0.25, 0.3) is 11.4 Å². The number of hydrogen-bond donors (Lipinski definition) is 0. The van der Waals surface area contributed by atoms with Gasteiger partial charge in [-0.2, -0.15) is 20.5 Å². The van der Waals surface area contributed by atoms with Gasteiger partial charge in [-0.15, -0.1) is 0 Å². The number of nitrogens with zero attached hydrogens (tertiary/aromatic N) is 6. The molecule has 1 radical (unpaired) electrons. The van der Waals surface area contributed by atoms with Crippen LogP contribution in [0.2, 0.25) is 0 Å². The average Bonchev–Trinajstić information content (AvgIpc) is 3.05. The molecule has 0 aliphatic heterocycles. The van der Waals surface area contributed by atoms with E-state index in [2.05, 4.69) is 20.5 Å². The minimum absolute atomic E-state index is 0. The van der Waals surface area contributed by atoms with Gasteiger partial charge in [0.15, 0.2) is 0 Å². The summed E-state index contributed by atoms with van der Waals surface area (Å²) in [5, 5.41) is 86.8. The van der Waals surface area contributed by atoms with Crippen molar-refractivity contribution < 1.29 is 48.5 Å². The molecule has 0 saturated carbocycles. The summed E-state index contributed by atoms with van der Waals surface area (Å²) in [6, 6.07) is 27.1. The van der Waals surface area contributed by atoms with Crippen LogP contribution in [0, 0.1) is 20.2 Å². The smallest absolute Gasteiger partial charge is 0.871 e. The first kappa shape index (κ1) is 33.4. The van der Waals surface area contributed by atoms with Gasteiger partial charge in [-0.05, 0) is 45.8 Å². The molecule has 47 heavy (non-hydrogen) atoms. The Morgan fingerprint density at radius 1 is 0.468 bits per heavy atom. The van der Waals surface area contributed by atoms with Gasteiger partial charge >= 0.3 is 1.43 Å². The normalized spacial score (nSPS) is 10.9. The molecule has 14 nitrogen and oxygen atoms in total. The van der Waals surface area contributed by atoms with Crippen molar-refractivity contribution in [3.05, 3.63) is 129 Å². The molecule has 6 aromatic carbocycles. The molecule has 0 heterocycles. The van der Waals surface area contributed by atoms with Gasteiger partial charge < -0.3 is 20.4 Å². The van der Waals surface area contributed by atoms with Gasteiger partial charge in [0.05, 0.1) is 32.6 Å². The number of fused-ring (bicyclic) bond motifs is 2. The summed E-state index contributed by atoms with van der Waals surface area (Å²) in [6.45, 7) is 0. The fourth-order valence-electron chi connectivity index (χ4n) is 4.23. The second kappa shape index (κ2) is 14.6. The largest absolute Gasteiger partial charge is 1.00 e. The molecule has 6 rings (SSSR count). The van der Waals surface area contributed by atoms with Crippen LogP contribution < -0.4 is 20.4 Å². The van der Waals surface area contributed by atoms with Gasteiger partial charge in [-0.1, -0.05) is 83.7 Å². The van der Waals surface area contributed by atoms with Crippen LogP contribution in [0.15, 0.2) is 130 Å². The summed E-state index contributed by atoms with van der Waals surface area (Å²) < 4.78 is 0. The molecule has 0 N–H and O–H groups in total.